The van der Waals surface area contributed by atoms with Crippen molar-refractivity contribution in [3.8, 4) is 0 Å². The molecule has 1 unspecified atom stereocenters. The third-order valence-electron chi connectivity index (χ3n) is 3.00. The zero-order chi connectivity index (χ0) is 15.5. The number of hydrogen-bond donors (Lipinski definition) is 2. The molecule has 0 bridgehead atoms. The maximum atomic E-state index is 12.3. The molecule has 1 atom stereocenters. The van der Waals surface area contributed by atoms with Gasteiger partial charge in [0.25, 0.3) is 5.69 Å². The minimum absolute atomic E-state index is 0.0738. The van der Waals surface area contributed by atoms with Crippen LogP contribution in [0.1, 0.15) is 6.92 Å². The van der Waals surface area contributed by atoms with Crippen LogP contribution in [-0.2, 0) is 10.0 Å². The van der Waals surface area contributed by atoms with Crippen LogP contribution in [0, 0.1) is 10.1 Å². The van der Waals surface area contributed by atoms with E-state index in [0.29, 0.717) is 0 Å². The standard InChI is InChI=1S/C11H17N3O5S/c1-8(7-15)13(3)20(18,19)9-4-5-11(14(16)17)10(6-9)12-2/h4-6,8,12,15H,7H2,1-3H3. The number of hydrogen-bond acceptors (Lipinski definition) is 6. The molecule has 0 aliphatic carbocycles. The van der Waals surface area contributed by atoms with Gasteiger partial charge in [0.15, 0.2) is 0 Å². The highest BCUT2D eigenvalue weighted by molar-refractivity contribution is 7.89. The fraction of sp³-hybridized carbons (Fsp3) is 0.455. The fourth-order valence-electron chi connectivity index (χ4n) is 1.55. The van der Waals surface area contributed by atoms with Gasteiger partial charge in [0, 0.05) is 26.2 Å². The van der Waals surface area contributed by atoms with Crippen molar-refractivity contribution in [1.82, 2.24) is 4.31 Å². The molecule has 0 radical (unpaired) electrons. The summed E-state index contributed by atoms with van der Waals surface area (Å²) >= 11 is 0. The molecule has 9 heteroatoms. The van der Waals surface area contributed by atoms with Crippen LogP contribution in [0.25, 0.3) is 0 Å². The average Bonchev–Trinajstić information content (AvgIpc) is 2.44. The van der Waals surface area contributed by atoms with E-state index in [2.05, 4.69) is 5.32 Å². The van der Waals surface area contributed by atoms with Crippen LogP contribution in [0.3, 0.4) is 0 Å². The summed E-state index contributed by atoms with van der Waals surface area (Å²) in [6.07, 6.45) is 0. The van der Waals surface area contributed by atoms with Gasteiger partial charge in [0.1, 0.15) is 5.69 Å². The van der Waals surface area contributed by atoms with E-state index in [0.717, 1.165) is 10.4 Å². The van der Waals surface area contributed by atoms with Crippen molar-refractivity contribution in [1.29, 1.82) is 0 Å². The van der Waals surface area contributed by atoms with E-state index in [4.69, 9.17) is 5.11 Å². The van der Waals surface area contributed by atoms with Gasteiger partial charge in [-0.05, 0) is 19.1 Å². The van der Waals surface area contributed by atoms with Gasteiger partial charge in [-0.15, -0.1) is 0 Å². The molecule has 0 amide bonds. The van der Waals surface area contributed by atoms with Crippen molar-refractivity contribution in [2.24, 2.45) is 0 Å². The molecule has 20 heavy (non-hydrogen) atoms. The molecule has 0 saturated carbocycles. The first-order valence-electron chi connectivity index (χ1n) is 5.80. The smallest absolute Gasteiger partial charge is 0.292 e. The Morgan fingerprint density at radius 3 is 2.55 bits per heavy atom. The van der Waals surface area contributed by atoms with Crippen molar-refractivity contribution in [2.75, 3.05) is 26.0 Å². The summed E-state index contributed by atoms with van der Waals surface area (Å²) in [4.78, 5) is 10.1. The molecule has 0 spiro atoms. The summed E-state index contributed by atoms with van der Waals surface area (Å²) in [7, 11) is -1.000. The summed E-state index contributed by atoms with van der Waals surface area (Å²) in [5.41, 5.74) is -0.0922. The maximum Gasteiger partial charge on any atom is 0.292 e. The van der Waals surface area contributed by atoms with Crippen molar-refractivity contribution >= 4 is 21.4 Å². The Morgan fingerprint density at radius 2 is 2.10 bits per heavy atom. The number of rotatable bonds is 6. The molecule has 0 saturated heterocycles. The molecule has 1 rings (SSSR count). The van der Waals surface area contributed by atoms with Crippen molar-refractivity contribution in [3.63, 3.8) is 0 Å². The lowest BCUT2D eigenvalue weighted by molar-refractivity contribution is -0.384. The molecule has 112 valence electrons. The first kappa shape index (κ1) is 16.3. The Balaban J connectivity index is 3.30. The zero-order valence-corrected chi connectivity index (χ0v) is 12.2. The number of aliphatic hydroxyl groups is 1. The lowest BCUT2D eigenvalue weighted by Crippen LogP contribution is -2.37. The normalized spacial score (nSPS) is 13.2. The van der Waals surface area contributed by atoms with Gasteiger partial charge < -0.3 is 10.4 Å². The van der Waals surface area contributed by atoms with Gasteiger partial charge in [0.2, 0.25) is 10.0 Å². The predicted octanol–water partition coefficient (Wildman–Crippen LogP) is 0.638. The van der Waals surface area contributed by atoms with Crippen molar-refractivity contribution < 1.29 is 18.4 Å². The summed E-state index contributed by atoms with van der Waals surface area (Å²) in [5.74, 6) is 0. The summed E-state index contributed by atoms with van der Waals surface area (Å²) in [6.45, 7) is 1.24. The second kappa shape index (κ2) is 6.16. The molecular weight excluding hydrogens is 286 g/mol. The molecule has 0 aliphatic heterocycles. The summed E-state index contributed by atoms with van der Waals surface area (Å²) in [5, 5.41) is 22.4. The van der Waals surface area contributed by atoms with Crippen LogP contribution < -0.4 is 5.32 Å². The summed E-state index contributed by atoms with van der Waals surface area (Å²) < 4.78 is 25.6. The Morgan fingerprint density at radius 1 is 1.50 bits per heavy atom. The molecule has 0 heterocycles. The number of likely N-dealkylation sites (N-methyl/N-ethyl adjacent to an activating group) is 1. The zero-order valence-electron chi connectivity index (χ0n) is 11.4. The fourth-order valence-corrected chi connectivity index (χ4v) is 2.93. The lowest BCUT2D eigenvalue weighted by atomic mass is 10.3. The highest BCUT2D eigenvalue weighted by atomic mass is 32.2. The Bertz CT molecular complexity index is 602. The molecular formula is C11H17N3O5S. The lowest BCUT2D eigenvalue weighted by Gasteiger charge is -2.22. The minimum atomic E-state index is -3.81. The molecule has 0 aromatic heterocycles. The van der Waals surface area contributed by atoms with E-state index in [1.165, 1.54) is 26.2 Å². The Kier molecular flexibility index (Phi) is 5.03. The van der Waals surface area contributed by atoms with Gasteiger partial charge in [-0.2, -0.15) is 4.31 Å². The van der Waals surface area contributed by atoms with Gasteiger partial charge in [-0.25, -0.2) is 8.42 Å². The SMILES string of the molecule is CNc1cc(S(=O)(=O)N(C)C(C)CO)ccc1[N+](=O)[O-]. The molecule has 0 aliphatic rings. The highest BCUT2D eigenvalue weighted by Crippen LogP contribution is 2.28. The van der Waals surface area contributed by atoms with E-state index in [1.807, 2.05) is 0 Å². The Hall–Kier alpha value is -1.71. The second-order valence-electron chi connectivity index (χ2n) is 4.24. The number of nitrogens with zero attached hydrogens (tertiary/aromatic N) is 2. The summed E-state index contributed by atoms with van der Waals surface area (Å²) in [6, 6.07) is 2.92. The van der Waals surface area contributed by atoms with Crippen LogP contribution in [0.15, 0.2) is 23.1 Å². The molecule has 1 aromatic rings. The third kappa shape index (κ3) is 3.06. The van der Waals surface area contributed by atoms with Crippen LogP contribution in [0.2, 0.25) is 0 Å². The largest absolute Gasteiger partial charge is 0.395 e. The molecule has 1 aromatic carbocycles. The number of nitro groups is 1. The maximum absolute atomic E-state index is 12.3. The van der Waals surface area contributed by atoms with Gasteiger partial charge in [-0.1, -0.05) is 0 Å². The third-order valence-corrected chi connectivity index (χ3v) is 4.96. The first-order valence-corrected chi connectivity index (χ1v) is 7.24. The van der Waals surface area contributed by atoms with Crippen LogP contribution in [-0.4, -0.2) is 49.5 Å². The van der Waals surface area contributed by atoms with E-state index < -0.39 is 21.0 Å². The van der Waals surface area contributed by atoms with Crippen molar-refractivity contribution in [3.05, 3.63) is 28.3 Å². The van der Waals surface area contributed by atoms with Gasteiger partial charge in [0.05, 0.1) is 16.4 Å². The van der Waals surface area contributed by atoms with Crippen LogP contribution in [0.4, 0.5) is 11.4 Å². The molecule has 2 N–H and O–H groups in total. The number of nitrogens with one attached hydrogen (secondary N) is 1. The highest BCUT2D eigenvalue weighted by Gasteiger charge is 2.27. The molecule has 8 nitrogen and oxygen atoms in total. The van der Waals surface area contributed by atoms with Gasteiger partial charge >= 0.3 is 0 Å². The molecule has 0 fully saturated rings. The van der Waals surface area contributed by atoms with E-state index in [-0.39, 0.29) is 22.9 Å². The Labute approximate surface area is 117 Å². The number of sulfonamides is 1. The monoisotopic (exact) mass is 303 g/mol. The first-order chi connectivity index (χ1) is 9.25. The van der Waals surface area contributed by atoms with E-state index in [9.17, 15) is 18.5 Å². The number of benzene rings is 1. The predicted molar refractivity (Wildman–Crippen MR) is 74.1 cm³/mol. The van der Waals surface area contributed by atoms with Crippen LogP contribution >= 0.6 is 0 Å². The van der Waals surface area contributed by atoms with Crippen molar-refractivity contribution in [2.45, 2.75) is 17.9 Å². The van der Waals surface area contributed by atoms with E-state index in [1.54, 1.807) is 6.92 Å². The minimum Gasteiger partial charge on any atom is -0.395 e. The second-order valence-corrected chi connectivity index (χ2v) is 6.24. The van der Waals surface area contributed by atoms with Crippen LogP contribution in [0.5, 0.6) is 0 Å². The number of anilines is 1. The average molecular weight is 303 g/mol. The quantitative estimate of drug-likeness (QED) is 0.589. The van der Waals surface area contributed by atoms with E-state index >= 15 is 0 Å². The topological polar surface area (TPSA) is 113 Å². The van der Waals surface area contributed by atoms with Gasteiger partial charge in [-0.3, -0.25) is 10.1 Å². The number of nitro benzene ring substituents is 1. The number of aliphatic hydroxyl groups excluding tert-OH is 1.